The number of piperazine rings is 1. The van der Waals surface area contributed by atoms with E-state index >= 15 is 0 Å². The topological polar surface area (TPSA) is 74.8 Å². The van der Waals surface area contributed by atoms with E-state index in [0.29, 0.717) is 6.07 Å². The van der Waals surface area contributed by atoms with E-state index in [1.165, 1.54) is 4.31 Å². The van der Waals surface area contributed by atoms with Gasteiger partial charge in [0, 0.05) is 26.2 Å². The molecule has 0 aromatic heterocycles. The number of halogens is 2. The van der Waals surface area contributed by atoms with E-state index in [9.17, 15) is 25.6 Å². The van der Waals surface area contributed by atoms with Crippen molar-refractivity contribution >= 4 is 20.0 Å². The van der Waals surface area contributed by atoms with Gasteiger partial charge in [-0.1, -0.05) is 26.0 Å². The lowest BCUT2D eigenvalue weighted by Gasteiger charge is -2.33. The summed E-state index contributed by atoms with van der Waals surface area (Å²) in [5, 5.41) is 0. The van der Waals surface area contributed by atoms with Gasteiger partial charge in [-0.3, -0.25) is 0 Å². The maximum Gasteiger partial charge on any atom is 0.243 e. The second-order valence-corrected chi connectivity index (χ2v) is 11.0. The Hall–Kier alpha value is -1.88. The number of hydrogen-bond acceptors (Lipinski definition) is 4. The quantitative estimate of drug-likeness (QED) is 0.711. The number of rotatable bonds is 5. The Kier molecular flexibility index (Phi) is 6.09. The molecule has 0 saturated carbocycles. The molecule has 0 unspecified atom stereocenters. The maximum absolute atomic E-state index is 13.4. The van der Waals surface area contributed by atoms with Gasteiger partial charge in [-0.15, -0.1) is 0 Å². The first-order valence-electron chi connectivity index (χ1n) is 9.09. The van der Waals surface area contributed by atoms with Gasteiger partial charge in [-0.05, 0) is 41.8 Å². The standard InChI is InChI=1S/C19H22F2N2O4S2/c1-14(2)15-3-5-16(6-4-15)28(24,25)22-9-11-23(12-10-22)29(26,27)17-7-8-18(20)19(21)13-17/h3-8,13-14H,9-12H2,1-2H3. The SMILES string of the molecule is CC(C)c1ccc(S(=O)(=O)N2CCN(S(=O)(=O)c3ccc(F)c(F)c3)CC2)cc1. The molecule has 0 amide bonds. The Morgan fingerprint density at radius 2 is 1.17 bits per heavy atom. The van der Waals surface area contributed by atoms with Crippen LogP contribution in [0, 0.1) is 11.6 Å². The minimum absolute atomic E-state index is 0.0306. The minimum atomic E-state index is -4.04. The first-order chi connectivity index (χ1) is 13.5. The molecule has 29 heavy (non-hydrogen) atoms. The number of benzene rings is 2. The van der Waals surface area contributed by atoms with Crippen LogP contribution in [0.5, 0.6) is 0 Å². The molecule has 0 spiro atoms. The van der Waals surface area contributed by atoms with E-state index in [2.05, 4.69) is 0 Å². The van der Waals surface area contributed by atoms with Gasteiger partial charge in [0.25, 0.3) is 0 Å². The number of sulfonamides is 2. The zero-order valence-electron chi connectivity index (χ0n) is 16.0. The highest BCUT2D eigenvalue weighted by Gasteiger charge is 2.34. The molecule has 6 nitrogen and oxygen atoms in total. The van der Waals surface area contributed by atoms with Gasteiger partial charge in [0.2, 0.25) is 20.0 Å². The summed E-state index contributed by atoms with van der Waals surface area (Å²) >= 11 is 0. The molecule has 1 saturated heterocycles. The number of hydrogen-bond donors (Lipinski definition) is 0. The molecule has 1 heterocycles. The molecular weight excluding hydrogens is 422 g/mol. The predicted octanol–water partition coefficient (Wildman–Crippen LogP) is 2.78. The highest BCUT2D eigenvalue weighted by Crippen LogP contribution is 2.24. The summed E-state index contributed by atoms with van der Waals surface area (Å²) in [6.45, 7) is 3.80. The molecular formula is C19H22F2N2O4S2. The second-order valence-electron chi connectivity index (χ2n) is 7.11. The minimum Gasteiger partial charge on any atom is -0.207 e. The Morgan fingerprint density at radius 3 is 1.62 bits per heavy atom. The smallest absolute Gasteiger partial charge is 0.207 e. The molecule has 1 aliphatic heterocycles. The molecule has 1 aliphatic rings. The Labute approximate surface area is 169 Å². The van der Waals surface area contributed by atoms with Crippen molar-refractivity contribution in [1.82, 2.24) is 8.61 Å². The van der Waals surface area contributed by atoms with E-state index < -0.39 is 31.7 Å². The largest absolute Gasteiger partial charge is 0.243 e. The van der Waals surface area contributed by atoms with Crippen molar-refractivity contribution in [2.75, 3.05) is 26.2 Å². The van der Waals surface area contributed by atoms with Crippen LogP contribution in [-0.2, 0) is 20.0 Å². The van der Waals surface area contributed by atoms with E-state index in [-0.39, 0.29) is 41.9 Å². The fourth-order valence-electron chi connectivity index (χ4n) is 3.11. The lowest BCUT2D eigenvalue weighted by atomic mass is 10.0. The van der Waals surface area contributed by atoms with Gasteiger partial charge in [0.1, 0.15) is 0 Å². The fourth-order valence-corrected chi connectivity index (χ4v) is 5.97. The lowest BCUT2D eigenvalue weighted by molar-refractivity contribution is 0.272. The molecule has 1 fully saturated rings. The van der Waals surface area contributed by atoms with Crippen LogP contribution in [0.4, 0.5) is 8.78 Å². The van der Waals surface area contributed by atoms with Crippen LogP contribution < -0.4 is 0 Å². The monoisotopic (exact) mass is 444 g/mol. The van der Waals surface area contributed by atoms with E-state index in [1.54, 1.807) is 24.3 Å². The van der Waals surface area contributed by atoms with Crippen LogP contribution in [0.15, 0.2) is 52.3 Å². The van der Waals surface area contributed by atoms with Crippen molar-refractivity contribution in [3.63, 3.8) is 0 Å². The summed E-state index contributed by atoms with van der Waals surface area (Å²) in [5.74, 6) is -2.11. The van der Waals surface area contributed by atoms with Crippen molar-refractivity contribution < 1.29 is 25.6 Å². The predicted molar refractivity (Wildman–Crippen MR) is 104 cm³/mol. The Morgan fingerprint density at radius 1 is 0.724 bits per heavy atom. The van der Waals surface area contributed by atoms with Gasteiger partial charge in [0.05, 0.1) is 9.79 Å². The molecule has 10 heteroatoms. The molecule has 3 rings (SSSR count). The first-order valence-corrected chi connectivity index (χ1v) is 12.0. The molecule has 0 bridgehead atoms. The summed E-state index contributed by atoms with van der Waals surface area (Å²) in [5.41, 5.74) is 1.02. The molecule has 0 aliphatic carbocycles. The maximum atomic E-state index is 13.4. The molecule has 158 valence electrons. The van der Waals surface area contributed by atoms with Crippen molar-refractivity contribution in [2.24, 2.45) is 0 Å². The van der Waals surface area contributed by atoms with Crippen LogP contribution in [0.1, 0.15) is 25.3 Å². The van der Waals surface area contributed by atoms with E-state index in [1.807, 2.05) is 13.8 Å². The summed E-state index contributed by atoms with van der Waals surface area (Å²) in [4.78, 5) is -0.212. The zero-order chi connectivity index (χ0) is 21.4. The number of nitrogens with zero attached hydrogens (tertiary/aromatic N) is 2. The van der Waals surface area contributed by atoms with Crippen LogP contribution in [0.2, 0.25) is 0 Å². The lowest BCUT2D eigenvalue weighted by Crippen LogP contribution is -2.50. The fraction of sp³-hybridized carbons (Fsp3) is 0.368. The van der Waals surface area contributed by atoms with Gasteiger partial charge >= 0.3 is 0 Å². The van der Waals surface area contributed by atoms with Crippen LogP contribution in [0.25, 0.3) is 0 Å². The molecule has 0 radical (unpaired) electrons. The van der Waals surface area contributed by atoms with Crippen LogP contribution >= 0.6 is 0 Å². The molecule has 0 atom stereocenters. The third kappa shape index (κ3) is 4.35. The van der Waals surface area contributed by atoms with E-state index in [0.717, 1.165) is 22.0 Å². The van der Waals surface area contributed by atoms with Crippen molar-refractivity contribution in [2.45, 2.75) is 29.6 Å². The highest BCUT2D eigenvalue weighted by molar-refractivity contribution is 7.89. The normalized spacial score (nSPS) is 17.0. The zero-order valence-corrected chi connectivity index (χ0v) is 17.7. The Balaban J connectivity index is 1.74. The summed E-state index contributed by atoms with van der Waals surface area (Å²) in [6.07, 6.45) is 0. The average molecular weight is 445 g/mol. The molecule has 2 aromatic carbocycles. The van der Waals surface area contributed by atoms with Gasteiger partial charge in [0.15, 0.2) is 11.6 Å². The third-order valence-corrected chi connectivity index (χ3v) is 8.72. The summed E-state index contributed by atoms with van der Waals surface area (Å²) in [6, 6.07) is 9.01. The van der Waals surface area contributed by atoms with Gasteiger partial charge in [-0.25, -0.2) is 25.6 Å². The van der Waals surface area contributed by atoms with Crippen molar-refractivity contribution in [3.8, 4) is 0 Å². The van der Waals surface area contributed by atoms with Gasteiger partial charge < -0.3 is 0 Å². The summed E-state index contributed by atoms with van der Waals surface area (Å²) in [7, 11) is -7.79. The molecule has 0 N–H and O–H groups in total. The van der Waals surface area contributed by atoms with Crippen molar-refractivity contribution in [3.05, 3.63) is 59.7 Å². The third-order valence-electron chi connectivity index (χ3n) is 4.91. The molecule has 2 aromatic rings. The van der Waals surface area contributed by atoms with E-state index in [4.69, 9.17) is 0 Å². The Bertz CT molecular complexity index is 1090. The second kappa shape index (κ2) is 8.10. The first kappa shape index (κ1) is 21.8. The van der Waals surface area contributed by atoms with Gasteiger partial charge in [-0.2, -0.15) is 8.61 Å². The summed E-state index contributed by atoms with van der Waals surface area (Å²) < 4.78 is 79.8. The van der Waals surface area contributed by atoms with Crippen LogP contribution in [-0.4, -0.2) is 51.6 Å². The van der Waals surface area contributed by atoms with Crippen LogP contribution in [0.3, 0.4) is 0 Å². The highest BCUT2D eigenvalue weighted by atomic mass is 32.2. The average Bonchev–Trinajstić information content (AvgIpc) is 2.70. The van der Waals surface area contributed by atoms with Crippen molar-refractivity contribution in [1.29, 1.82) is 0 Å².